The third-order valence-corrected chi connectivity index (χ3v) is 2.48. The van der Waals surface area contributed by atoms with Gasteiger partial charge in [0, 0.05) is 0 Å². The molecule has 0 unspecified atom stereocenters. The predicted molar refractivity (Wildman–Crippen MR) is 48.6 cm³/mol. The molecule has 1 saturated heterocycles. The molecule has 1 rings (SSSR count). The number of nitrogens with one attached hydrogen (secondary N) is 2. The largest absolute Gasteiger partial charge is 0.306 e. The molecule has 0 aliphatic carbocycles. The van der Waals surface area contributed by atoms with E-state index in [0.29, 0.717) is 6.42 Å². The highest BCUT2D eigenvalue weighted by atomic mass is 32.2. The predicted octanol–water partition coefficient (Wildman–Crippen LogP) is -0.796. The van der Waals surface area contributed by atoms with E-state index >= 15 is 0 Å². The summed E-state index contributed by atoms with van der Waals surface area (Å²) in [7, 11) is -3.41. The average molecular weight is 206 g/mol. The van der Waals surface area contributed by atoms with E-state index in [1.807, 2.05) is 4.72 Å². The molecule has 1 aliphatic heterocycles. The van der Waals surface area contributed by atoms with Gasteiger partial charge in [0.25, 0.3) is 5.91 Å². The van der Waals surface area contributed by atoms with Crippen molar-refractivity contribution in [3.8, 4) is 0 Å². The number of carbonyl (C=O) groups excluding carboxylic acids is 1. The van der Waals surface area contributed by atoms with Crippen molar-refractivity contribution in [1.82, 2.24) is 10.0 Å². The fourth-order valence-corrected chi connectivity index (χ4v) is 1.84. The van der Waals surface area contributed by atoms with Crippen LogP contribution in [0.15, 0.2) is 0 Å². The molecule has 1 fully saturated rings. The zero-order valence-corrected chi connectivity index (χ0v) is 8.36. The van der Waals surface area contributed by atoms with Crippen LogP contribution in [0.3, 0.4) is 0 Å². The summed E-state index contributed by atoms with van der Waals surface area (Å²) in [5.41, 5.74) is 0. The van der Waals surface area contributed by atoms with Crippen LogP contribution in [0.2, 0.25) is 0 Å². The van der Waals surface area contributed by atoms with Crippen LogP contribution in [0, 0.1) is 0 Å². The zero-order chi connectivity index (χ0) is 9.90. The molecule has 1 aliphatic rings. The second kappa shape index (κ2) is 4.06. The quantitative estimate of drug-likeness (QED) is 0.620. The Morgan fingerprint density at radius 1 is 1.46 bits per heavy atom. The molecular formula is C7H14N2O3S. The number of carbonyl (C=O) groups is 1. The first-order chi connectivity index (χ1) is 5.99. The summed E-state index contributed by atoms with van der Waals surface area (Å²) in [4.78, 5) is 11.3. The number of amides is 1. The summed E-state index contributed by atoms with van der Waals surface area (Å²) in [5.74, 6) is -0.442. The minimum atomic E-state index is -3.41. The van der Waals surface area contributed by atoms with Crippen LogP contribution >= 0.6 is 0 Å². The molecule has 0 spiro atoms. The fourth-order valence-electron chi connectivity index (χ4n) is 1.33. The third kappa shape index (κ3) is 3.73. The molecule has 5 nitrogen and oxygen atoms in total. The van der Waals surface area contributed by atoms with E-state index in [1.54, 1.807) is 0 Å². The Balaban J connectivity index is 2.47. The van der Waals surface area contributed by atoms with Crippen molar-refractivity contribution in [2.75, 3.05) is 12.8 Å². The monoisotopic (exact) mass is 206 g/mol. The first-order valence-electron chi connectivity index (χ1n) is 4.24. The van der Waals surface area contributed by atoms with E-state index in [2.05, 4.69) is 5.32 Å². The van der Waals surface area contributed by atoms with Crippen molar-refractivity contribution in [3.63, 3.8) is 0 Å². The van der Waals surface area contributed by atoms with Crippen molar-refractivity contribution in [2.45, 2.75) is 25.3 Å². The van der Waals surface area contributed by atoms with Gasteiger partial charge in [0.2, 0.25) is 10.0 Å². The highest BCUT2D eigenvalue weighted by Gasteiger charge is 2.22. The molecule has 13 heavy (non-hydrogen) atoms. The van der Waals surface area contributed by atoms with Gasteiger partial charge < -0.3 is 5.32 Å². The fraction of sp³-hybridized carbons (Fsp3) is 0.857. The zero-order valence-electron chi connectivity index (χ0n) is 7.54. The van der Waals surface area contributed by atoms with Gasteiger partial charge in [-0.15, -0.1) is 0 Å². The third-order valence-electron chi connectivity index (χ3n) is 1.91. The normalized spacial score (nSPS) is 23.9. The SMILES string of the molecule is CS(=O)(=O)NC(=O)[C@@H]1CCCCN1. The molecule has 76 valence electrons. The van der Waals surface area contributed by atoms with E-state index in [-0.39, 0.29) is 6.04 Å². The summed E-state index contributed by atoms with van der Waals surface area (Å²) >= 11 is 0. The Bertz CT molecular complexity index is 280. The van der Waals surface area contributed by atoms with E-state index < -0.39 is 15.9 Å². The van der Waals surface area contributed by atoms with Crippen LogP contribution in [0.4, 0.5) is 0 Å². The van der Waals surface area contributed by atoms with Crippen molar-refractivity contribution in [1.29, 1.82) is 0 Å². The molecular weight excluding hydrogens is 192 g/mol. The molecule has 0 aromatic rings. The lowest BCUT2D eigenvalue weighted by atomic mass is 10.1. The van der Waals surface area contributed by atoms with Crippen molar-refractivity contribution < 1.29 is 13.2 Å². The average Bonchev–Trinajstić information content (AvgIpc) is 2.03. The van der Waals surface area contributed by atoms with Crippen LogP contribution in [0.1, 0.15) is 19.3 Å². The number of sulfonamides is 1. The van der Waals surface area contributed by atoms with Gasteiger partial charge in [-0.1, -0.05) is 6.42 Å². The van der Waals surface area contributed by atoms with Crippen LogP contribution in [-0.2, 0) is 14.8 Å². The van der Waals surface area contributed by atoms with Gasteiger partial charge in [-0.3, -0.25) is 9.52 Å². The van der Waals surface area contributed by atoms with Gasteiger partial charge in [0.05, 0.1) is 12.3 Å². The van der Waals surface area contributed by atoms with Gasteiger partial charge >= 0.3 is 0 Å². The van der Waals surface area contributed by atoms with Crippen LogP contribution < -0.4 is 10.0 Å². The summed E-state index contributed by atoms with van der Waals surface area (Å²) in [6.07, 6.45) is 3.70. The summed E-state index contributed by atoms with van der Waals surface area (Å²) in [6, 6.07) is -0.344. The Morgan fingerprint density at radius 3 is 2.62 bits per heavy atom. The number of rotatable bonds is 2. The van der Waals surface area contributed by atoms with E-state index in [1.165, 1.54) is 0 Å². The topological polar surface area (TPSA) is 75.3 Å². The molecule has 1 atom stereocenters. The van der Waals surface area contributed by atoms with Crippen molar-refractivity contribution in [3.05, 3.63) is 0 Å². The molecule has 2 N–H and O–H groups in total. The smallest absolute Gasteiger partial charge is 0.250 e. The van der Waals surface area contributed by atoms with Gasteiger partial charge in [-0.25, -0.2) is 8.42 Å². The molecule has 0 aromatic heterocycles. The first-order valence-corrected chi connectivity index (χ1v) is 6.13. The lowest BCUT2D eigenvalue weighted by Crippen LogP contribution is -2.48. The lowest BCUT2D eigenvalue weighted by molar-refractivity contribution is -0.121. The standard InChI is InChI=1S/C7H14N2O3S/c1-13(11,12)9-7(10)6-4-2-3-5-8-6/h6,8H,2-5H2,1H3,(H,9,10)/t6-/m0/s1. The summed E-state index contributed by atoms with van der Waals surface area (Å²) < 4.78 is 23.4. The van der Waals surface area contributed by atoms with Crippen LogP contribution in [0.25, 0.3) is 0 Å². The van der Waals surface area contributed by atoms with Gasteiger partial charge in [0.15, 0.2) is 0 Å². The minimum absolute atomic E-state index is 0.344. The molecule has 0 saturated carbocycles. The molecule has 0 aromatic carbocycles. The van der Waals surface area contributed by atoms with Crippen molar-refractivity contribution >= 4 is 15.9 Å². The first kappa shape index (κ1) is 10.5. The Labute approximate surface area is 77.9 Å². The maximum Gasteiger partial charge on any atom is 0.250 e. The van der Waals surface area contributed by atoms with E-state index in [9.17, 15) is 13.2 Å². The molecule has 6 heteroatoms. The Kier molecular flexibility index (Phi) is 3.27. The highest BCUT2D eigenvalue weighted by Crippen LogP contribution is 2.06. The van der Waals surface area contributed by atoms with Gasteiger partial charge in [-0.2, -0.15) is 0 Å². The number of hydrogen-bond acceptors (Lipinski definition) is 4. The summed E-state index contributed by atoms with van der Waals surface area (Å²) in [5, 5.41) is 2.96. The Hall–Kier alpha value is -0.620. The molecule has 0 radical (unpaired) electrons. The minimum Gasteiger partial charge on any atom is -0.306 e. The molecule has 0 bridgehead atoms. The highest BCUT2D eigenvalue weighted by molar-refractivity contribution is 7.89. The maximum absolute atomic E-state index is 11.3. The van der Waals surface area contributed by atoms with Crippen LogP contribution in [0.5, 0.6) is 0 Å². The lowest BCUT2D eigenvalue weighted by Gasteiger charge is -2.21. The molecule has 1 amide bonds. The number of hydrogen-bond donors (Lipinski definition) is 2. The van der Waals surface area contributed by atoms with Gasteiger partial charge in [-0.05, 0) is 19.4 Å². The molecule has 1 heterocycles. The second-order valence-corrected chi connectivity index (χ2v) is 4.99. The Morgan fingerprint density at radius 2 is 2.15 bits per heavy atom. The summed E-state index contributed by atoms with van der Waals surface area (Å²) in [6.45, 7) is 0.780. The van der Waals surface area contributed by atoms with Crippen LogP contribution in [-0.4, -0.2) is 33.2 Å². The van der Waals surface area contributed by atoms with Crippen molar-refractivity contribution in [2.24, 2.45) is 0 Å². The van der Waals surface area contributed by atoms with E-state index in [0.717, 1.165) is 25.6 Å². The number of piperidine rings is 1. The maximum atomic E-state index is 11.3. The van der Waals surface area contributed by atoms with E-state index in [4.69, 9.17) is 0 Å². The van der Waals surface area contributed by atoms with Gasteiger partial charge in [0.1, 0.15) is 0 Å². The second-order valence-electron chi connectivity index (χ2n) is 3.24.